The standard InChI is InChI=1S/C30H48N2O2Si2.C8H10O2.Ni/c1-23-15-11-16-24(2)29(23)31-27(19-13-21-33-35(5,6)7)28(20-14-22-34-36(8,9)10)32-30-25(3)17-12-18-26(30)4;1-5-3-6(2)8(10)7(9)4-5;/h11-12,15-18H,13-14,19-22H2,1-10H3;3-4,9-10H,1-2H3;. The van der Waals surface area contributed by atoms with Crippen molar-refractivity contribution < 1.29 is 35.6 Å². The monoisotopic (exact) mass is 720 g/mol. The van der Waals surface area contributed by atoms with Crippen LogP contribution in [0.2, 0.25) is 39.3 Å². The van der Waals surface area contributed by atoms with Crippen molar-refractivity contribution in [2.24, 2.45) is 9.98 Å². The molecule has 0 spiro atoms. The average molecular weight is 722 g/mol. The van der Waals surface area contributed by atoms with Crippen LogP contribution in [0.25, 0.3) is 0 Å². The van der Waals surface area contributed by atoms with Crippen LogP contribution in [0.5, 0.6) is 11.5 Å². The predicted molar refractivity (Wildman–Crippen MR) is 202 cm³/mol. The smallest absolute Gasteiger partial charge is 0.183 e. The quantitative estimate of drug-likeness (QED) is 0.0797. The van der Waals surface area contributed by atoms with Gasteiger partial charge in [0.2, 0.25) is 0 Å². The van der Waals surface area contributed by atoms with Gasteiger partial charge in [-0.15, -0.1) is 0 Å². The van der Waals surface area contributed by atoms with Crippen molar-refractivity contribution in [3.8, 4) is 11.5 Å². The number of rotatable bonds is 13. The Balaban J connectivity index is 0.000000854. The Morgan fingerprint density at radius 1 is 0.596 bits per heavy atom. The number of aromatic hydroxyl groups is 2. The third-order valence-corrected chi connectivity index (χ3v) is 9.46. The van der Waals surface area contributed by atoms with Crippen LogP contribution in [0.3, 0.4) is 0 Å². The van der Waals surface area contributed by atoms with E-state index >= 15 is 0 Å². The molecular weight excluding hydrogens is 663 g/mol. The number of phenolic OH excluding ortho intramolecular Hbond substituents is 2. The van der Waals surface area contributed by atoms with E-state index in [2.05, 4.69) is 103 Å². The summed E-state index contributed by atoms with van der Waals surface area (Å²) in [5.74, 6) is -0.0666. The van der Waals surface area contributed by atoms with Crippen LogP contribution in [-0.2, 0) is 25.3 Å². The van der Waals surface area contributed by atoms with Gasteiger partial charge in [-0.3, -0.25) is 9.98 Å². The summed E-state index contributed by atoms with van der Waals surface area (Å²) in [5.41, 5.74) is 10.7. The number of benzene rings is 3. The molecule has 0 fully saturated rings. The molecule has 0 radical (unpaired) electrons. The van der Waals surface area contributed by atoms with Gasteiger partial charge in [0, 0.05) is 29.7 Å². The maximum absolute atomic E-state index is 9.08. The third kappa shape index (κ3) is 15.5. The molecule has 47 heavy (non-hydrogen) atoms. The van der Waals surface area contributed by atoms with Gasteiger partial charge in [-0.25, -0.2) is 0 Å². The molecule has 3 rings (SSSR count). The van der Waals surface area contributed by atoms with Crippen LogP contribution >= 0.6 is 0 Å². The molecule has 0 bridgehead atoms. The molecule has 0 aliphatic carbocycles. The summed E-state index contributed by atoms with van der Waals surface area (Å²) in [6, 6.07) is 16.1. The van der Waals surface area contributed by atoms with E-state index in [1.54, 1.807) is 6.92 Å². The minimum absolute atomic E-state index is 0. The zero-order valence-electron chi connectivity index (χ0n) is 30.8. The molecule has 262 valence electrons. The van der Waals surface area contributed by atoms with Crippen LogP contribution in [0, 0.1) is 41.5 Å². The molecule has 0 saturated carbocycles. The number of hydrogen-bond acceptors (Lipinski definition) is 6. The summed E-state index contributed by atoms with van der Waals surface area (Å²) in [6.07, 6.45) is 3.56. The van der Waals surface area contributed by atoms with Gasteiger partial charge >= 0.3 is 0 Å². The molecule has 3 aromatic rings. The molecule has 6 nitrogen and oxygen atoms in total. The first-order chi connectivity index (χ1) is 21.4. The summed E-state index contributed by atoms with van der Waals surface area (Å²) >= 11 is 0. The normalized spacial score (nSPS) is 12.3. The second-order valence-corrected chi connectivity index (χ2v) is 23.2. The summed E-state index contributed by atoms with van der Waals surface area (Å²) < 4.78 is 12.4. The second kappa shape index (κ2) is 19.4. The Kier molecular flexibility index (Phi) is 17.6. The summed E-state index contributed by atoms with van der Waals surface area (Å²) in [5, 5.41) is 18.1. The molecule has 0 amide bonds. The van der Waals surface area contributed by atoms with E-state index in [-0.39, 0.29) is 28.0 Å². The molecule has 0 unspecified atom stereocenters. The Bertz CT molecular complexity index is 1360. The second-order valence-electron chi connectivity index (χ2n) is 14.2. The first-order valence-electron chi connectivity index (χ1n) is 16.4. The SMILES string of the molecule is Cc1cc(C)c(O)c(O)c1.Cc1cccc(C)c1N=C(CCCO[Si](C)(C)C)C(CCCO[Si](C)(C)C)=Nc1c(C)cccc1C.[Ni]. The number of aliphatic imine (C=N–C) groups is 2. The summed E-state index contributed by atoms with van der Waals surface area (Å²) in [7, 11) is -3.10. The van der Waals surface area contributed by atoms with Crippen LogP contribution < -0.4 is 0 Å². The predicted octanol–water partition coefficient (Wildman–Crippen LogP) is 10.7. The molecule has 0 atom stereocenters. The van der Waals surface area contributed by atoms with Gasteiger partial charge < -0.3 is 19.1 Å². The number of phenols is 2. The largest absolute Gasteiger partial charge is 0.504 e. The molecule has 2 N–H and O–H groups in total. The van der Waals surface area contributed by atoms with E-state index in [0.717, 1.165) is 67.3 Å². The first-order valence-corrected chi connectivity index (χ1v) is 23.2. The fraction of sp³-hybridized carbons (Fsp3) is 0.474. The molecule has 0 heterocycles. The van der Waals surface area contributed by atoms with Crippen molar-refractivity contribution in [1.29, 1.82) is 0 Å². The molecule has 0 aliphatic rings. The van der Waals surface area contributed by atoms with Crippen molar-refractivity contribution >= 4 is 39.4 Å². The van der Waals surface area contributed by atoms with Crippen molar-refractivity contribution in [1.82, 2.24) is 0 Å². The Morgan fingerprint density at radius 3 is 1.28 bits per heavy atom. The van der Waals surface area contributed by atoms with Gasteiger partial charge in [-0.2, -0.15) is 0 Å². The van der Waals surface area contributed by atoms with Crippen LogP contribution in [0.4, 0.5) is 11.4 Å². The van der Waals surface area contributed by atoms with Gasteiger partial charge in [-0.05, 0) is 146 Å². The zero-order chi connectivity index (χ0) is 34.7. The summed E-state index contributed by atoms with van der Waals surface area (Å²) in [6.45, 7) is 27.2. The fourth-order valence-electron chi connectivity index (χ4n) is 4.94. The van der Waals surface area contributed by atoms with E-state index < -0.39 is 16.6 Å². The maximum Gasteiger partial charge on any atom is 0.183 e. The molecular formula is C38H58N2NiO4Si2. The third-order valence-electron chi connectivity index (χ3n) is 7.32. The van der Waals surface area contributed by atoms with E-state index in [1.807, 2.05) is 13.0 Å². The van der Waals surface area contributed by atoms with Crippen molar-refractivity contribution in [3.63, 3.8) is 0 Å². The molecule has 9 heteroatoms. The minimum Gasteiger partial charge on any atom is -0.504 e. The molecule has 0 saturated heterocycles. The topological polar surface area (TPSA) is 83.6 Å². The van der Waals surface area contributed by atoms with E-state index in [9.17, 15) is 0 Å². The fourth-order valence-corrected chi connectivity index (χ4v) is 6.45. The van der Waals surface area contributed by atoms with Gasteiger partial charge in [0.1, 0.15) is 0 Å². The number of nitrogens with zero attached hydrogens (tertiary/aromatic N) is 2. The van der Waals surface area contributed by atoms with Crippen LogP contribution in [-0.4, -0.2) is 51.5 Å². The number of hydrogen-bond donors (Lipinski definition) is 2. The molecule has 0 aliphatic heterocycles. The van der Waals surface area contributed by atoms with E-state index in [4.69, 9.17) is 29.0 Å². The van der Waals surface area contributed by atoms with Crippen molar-refractivity contribution in [2.45, 2.75) is 107 Å². The maximum atomic E-state index is 9.08. The number of aryl methyl sites for hydroxylation is 6. The zero-order valence-corrected chi connectivity index (χ0v) is 33.8. The first kappa shape index (κ1) is 42.5. The Labute approximate surface area is 297 Å². The molecule has 3 aromatic carbocycles. The number of para-hydroxylation sites is 2. The Hall–Kier alpha value is -2.55. The van der Waals surface area contributed by atoms with Gasteiger partial charge in [0.05, 0.1) is 22.8 Å². The average Bonchev–Trinajstić information content (AvgIpc) is 2.93. The molecule has 0 aromatic heterocycles. The van der Waals surface area contributed by atoms with Crippen LogP contribution in [0.1, 0.15) is 59.1 Å². The Morgan fingerprint density at radius 2 is 0.957 bits per heavy atom. The van der Waals surface area contributed by atoms with Crippen LogP contribution in [0.15, 0.2) is 58.5 Å². The minimum atomic E-state index is -1.55. The van der Waals surface area contributed by atoms with Crippen molar-refractivity contribution in [2.75, 3.05) is 13.2 Å². The van der Waals surface area contributed by atoms with E-state index in [0.29, 0.717) is 5.56 Å². The summed E-state index contributed by atoms with van der Waals surface area (Å²) in [4.78, 5) is 10.6. The van der Waals surface area contributed by atoms with Gasteiger partial charge in [0.15, 0.2) is 28.1 Å². The van der Waals surface area contributed by atoms with Gasteiger partial charge in [0.25, 0.3) is 0 Å². The van der Waals surface area contributed by atoms with Gasteiger partial charge in [-0.1, -0.05) is 42.5 Å². The van der Waals surface area contributed by atoms with Crippen molar-refractivity contribution in [3.05, 3.63) is 81.9 Å². The van der Waals surface area contributed by atoms with E-state index in [1.165, 1.54) is 28.3 Å².